The zero-order valence-corrected chi connectivity index (χ0v) is 10.5. The molecule has 4 N–H and O–H groups in total. The van der Waals surface area contributed by atoms with Crippen molar-refractivity contribution >= 4 is 28.8 Å². The van der Waals surface area contributed by atoms with Gasteiger partial charge in [-0.2, -0.15) is 5.10 Å². The summed E-state index contributed by atoms with van der Waals surface area (Å²) in [4.78, 5) is 12.2. The Bertz CT molecular complexity index is 606. The van der Waals surface area contributed by atoms with E-state index in [0.29, 0.717) is 21.8 Å². The molecule has 0 bridgehead atoms. The number of H-pyrrole nitrogens is 1. The highest BCUT2D eigenvalue weighted by Gasteiger charge is 2.11. The molecule has 0 atom stereocenters. The Morgan fingerprint density at radius 2 is 2.28 bits per heavy atom. The van der Waals surface area contributed by atoms with E-state index >= 15 is 0 Å². The summed E-state index contributed by atoms with van der Waals surface area (Å²) >= 11 is 4.89. The van der Waals surface area contributed by atoms with E-state index in [0.717, 1.165) is 5.69 Å². The van der Waals surface area contributed by atoms with Crippen molar-refractivity contribution in [2.24, 2.45) is 5.73 Å². The first-order valence-electron chi connectivity index (χ1n) is 5.29. The molecule has 0 unspecified atom stereocenters. The number of carbonyl (C=O) groups excluding carboxylic acids is 1. The minimum Gasteiger partial charge on any atom is -0.389 e. The van der Waals surface area contributed by atoms with Gasteiger partial charge < -0.3 is 11.1 Å². The molecule has 0 fully saturated rings. The third kappa shape index (κ3) is 2.54. The van der Waals surface area contributed by atoms with Gasteiger partial charge in [0.15, 0.2) is 0 Å². The van der Waals surface area contributed by atoms with Gasteiger partial charge in [0.25, 0.3) is 5.91 Å². The molecule has 92 valence electrons. The van der Waals surface area contributed by atoms with Crippen LogP contribution in [0.4, 0.5) is 5.69 Å². The SMILES string of the molecule is Cc1[nH]ncc1C(=O)Nc1cccc(C(N)=S)c1. The molecule has 6 heteroatoms. The van der Waals surface area contributed by atoms with Gasteiger partial charge in [0.2, 0.25) is 0 Å². The molecule has 0 aliphatic heterocycles. The molecule has 2 rings (SSSR count). The maximum atomic E-state index is 11.9. The van der Waals surface area contributed by atoms with Crippen LogP contribution in [0.1, 0.15) is 21.6 Å². The van der Waals surface area contributed by atoms with Crippen LogP contribution < -0.4 is 11.1 Å². The number of nitrogens with zero attached hydrogens (tertiary/aromatic N) is 1. The van der Waals surface area contributed by atoms with Gasteiger partial charge in [0.05, 0.1) is 11.8 Å². The predicted molar refractivity (Wildman–Crippen MR) is 73.6 cm³/mol. The number of anilines is 1. The van der Waals surface area contributed by atoms with Gasteiger partial charge in [0, 0.05) is 16.9 Å². The van der Waals surface area contributed by atoms with Crippen molar-refractivity contribution in [3.8, 4) is 0 Å². The number of aryl methyl sites for hydroxylation is 1. The van der Waals surface area contributed by atoms with Crippen molar-refractivity contribution in [3.63, 3.8) is 0 Å². The summed E-state index contributed by atoms with van der Waals surface area (Å²) in [6.07, 6.45) is 1.49. The predicted octanol–water partition coefficient (Wildman–Crippen LogP) is 1.60. The average molecular weight is 260 g/mol. The van der Waals surface area contributed by atoms with Crippen molar-refractivity contribution in [1.29, 1.82) is 0 Å². The third-order valence-corrected chi connectivity index (χ3v) is 2.72. The van der Waals surface area contributed by atoms with Crippen molar-refractivity contribution in [1.82, 2.24) is 10.2 Å². The number of aromatic nitrogens is 2. The van der Waals surface area contributed by atoms with Crippen LogP contribution in [0, 0.1) is 6.92 Å². The van der Waals surface area contributed by atoms with E-state index in [9.17, 15) is 4.79 Å². The minimum absolute atomic E-state index is 0.221. The number of nitrogens with two attached hydrogens (primary N) is 1. The first kappa shape index (κ1) is 12.3. The summed E-state index contributed by atoms with van der Waals surface area (Å²) in [5.41, 5.74) is 8.13. The third-order valence-electron chi connectivity index (χ3n) is 2.48. The number of rotatable bonds is 3. The first-order chi connectivity index (χ1) is 8.58. The fourth-order valence-corrected chi connectivity index (χ4v) is 1.66. The van der Waals surface area contributed by atoms with Gasteiger partial charge in [0.1, 0.15) is 4.99 Å². The van der Waals surface area contributed by atoms with Gasteiger partial charge in [-0.05, 0) is 19.1 Å². The molecule has 0 radical (unpaired) electrons. The number of hydrogen-bond donors (Lipinski definition) is 3. The normalized spacial score (nSPS) is 10.1. The number of aromatic amines is 1. The topological polar surface area (TPSA) is 83.8 Å². The molecular formula is C12H12N4OS. The lowest BCUT2D eigenvalue weighted by molar-refractivity contribution is 0.102. The first-order valence-corrected chi connectivity index (χ1v) is 5.70. The number of nitrogens with one attached hydrogen (secondary N) is 2. The summed E-state index contributed by atoms with van der Waals surface area (Å²) in [5.74, 6) is -0.221. The Morgan fingerprint density at radius 3 is 2.89 bits per heavy atom. The Labute approximate surface area is 109 Å². The Kier molecular flexibility index (Phi) is 3.38. The van der Waals surface area contributed by atoms with Crippen LogP contribution in [0.25, 0.3) is 0 Å². The van der Waals surface area contributed by atoms with Gasteiger partial charge in [-0.25, -0.2) is 0 Å². The van der Waals surface area contributed by atoms with E-state index in [1.165, 1.54) is 6.20 Å². The molecule has 1 aromatic heterocycles. The summed E-state index contributed by atoms with van der Waals surface area (Å²) in [7, 11) is 0. The second kappa shape index (κ2) is 4.97. The summed E-state index contributed by atoms with van der Waals surface area (Å²) in [5, 5.41) is 9.28. The lowest BCUT2D eigenvalue weighted by atomic mass is 10.2. The van der Waals surface area contributed by atoms with Crippen molar-refractivity contribution < 1.29 is 4.79 Å². The summed E-state index contributed by atoms with van der Waals surface area (Å²) in [6.45, 7) is 1.79. The zero-order chi connectivity index (χ0) is 13.1. The fourth-order valence-electron chi connectivity index (χ4n) is 1.53. The molecule has 18 heavy (non-hydrogen) atoms. The van der Waals surface area contributed by atoms with E-state index in [4.69, 9.17) is 18.0 Å². The largest absolute Gasteiger partial charge is 0.389 e. The van der Waals surface area contributed by atoms with E-state index in [2.05, 4.69) is 15.5 Å². The maximum Gasteiger partial charge on any atom is 0.259 e. The highest BCUT2D eigenvalue weighted by Crippen LogP contribution is 2.13. The van der Waals surface area contributed by atoms with Crippen molar-refractivity contribution in [3.05, 3.63) is 47.3 Å². The molecule has 2 aromatic rings. The molecule has 0 aliphatic carbocycles. The standard InChI is InChI=1S/C12H12N4OS/c1-7-10(6-14-16-7)12(17)15-9-4-2-3-8(5-9)11(13)18/h2-6H,1H3,(H2,13,18)(H,14,16)(H,15,17). The smallest absolute Gasteiger partial charge is 0.259 e. The van der Waals surface area contributed by atoms with Crippen LogP contribution >= 0.6 is 12.2 Å². The summed E-state index contributed by atoms with van der Waals surface area (Å²) < 4.78 is 0. The van der Waals surface area contributed by atoms with E-state index < -0.39 is 0 Å². The lowest BCUT2D eigenvalue weighted by Gasteiger charge is -2.06. The number of carbonyl (C=O) groups is 1. The van der Waals surface area contributed by atoms with E-state index in [1.54, 1.807) is 31.2 Å². The molecule has 5 nitrogen and oxygen atoms in total. The van der Waals surface area contributed by atoms with Crippen LogP contribution in [-0.2, 0) is 0 Å². The molecule has 0 saturated carbocycles. The average Bonchev–Trinajstić information content (AvgIpc) is 2.76. The van der Waals surface area contributed by atoms with Gasteiger partial charge in [-0.3, -0.25) is 9.89 Å². The molecule has 0 saturated heterocycles. The van der Waals surface area contributed by atoms with Gasteiger partial charge in [-0.15, -0.1) is 0 Å². The van der Waals surface area contributed by atoms with Crippen LogP contribution in [0.2, 0.25) is 0 Å². The number of hydrogen-bond acceptors (Lipinski definition) is 3. The monoisotopic (exact) mass is 260 g/mol. The number of benzene rings is 1. The van der Waals surface area contributed by atoms with E-state index in [1.807, 2.05) is 0 Å². The van der Waals surface area contributed by atoms with Crippen LogP contribution in [0.15, 0.2) is 30.5 Å². The fraction of sp³-hybridized carbons (Fsp3) is 0.0833. The van der Waals surface area contributed by atoms with Gasteiger partial charge >= 0.3 is 0 Å². The second-order valence-corrected chi connectivity index (χ2v) is 4.25. The Hall–Kier alpha value is -2.21. The molecule has 1 aromatic carbocycles. The number of amides is 1. The lowest BCUT2D eigenvalue weighted by Crippen LogP contribution is -2.14. The summed E-state index contributed by atoms with van der Waals surface area (Å²) in [6, 6.07) is 7.08. The Morgan fingerprint density at radius 1 is 1.50 bits per heavy atom. The quantitative estimate of drug-likeness (QED) is 0.732. The molecule has 1 heterocycles. The van der Waals surface area contributed by atoms with Crippen LogP contribution in [-0.4, -0.2) is 21.1 Å². The zero-order valence-electron chi connectivity index (χ0n) is 9.73. The number of thiocarbonyl (C=S) groups is 1. The second-order valence-electron chi connectivity index (χ2n) is 3.81. The van der Waals surface area contributed by atoms with Crippen LogP contribution in [0.3, 0.4) is 0 Å². The van der Waals surface area contributed by atoms with Crippen molar-refractivity contribution in [2.45, 2.75) is 6.92 Å². The van der Waals surface area contributed by atoms with Crippen molar-refractivity contribution in [2.75, 3.05) is 5.32 Å². The molecule has 0 spiro atoms. The van der Waals surface area contributed by atoms with E-state index in [-0.39, 0.29) is 5.91 Å². The molecule has 0 aliphatic rings. The van der Waals surface area contributed by atoms with Crippen LogP contribution in [0.5, 0.6) is 0 Å². The Balaban J connectivity index is 2.20. The molecular weight excluding hydrogens is 248 g/mol. The minimum atomic E-state index is -0.221. The highest BCUT2D eigenvalue weighted by atomic mass is 32.1. The maximum absolute atomic E-state index is 11.9. The highest BCUT2D eigenvalue weighted by molar-refractivity contribution is 7.80. The van der Waals surface area contributed by atoms with Gasteiger partial charge in [-0.1, -0.05) is 24.4 Å². The molecule has 1 amide bonds.